The highest BCUT2D eigenvalue weighted by Crippen LogP contribution is 2.34. The van der Waals surface area contributed by atoms with Gasteiger partial charge in [-0.2, -0.15) is 0 Å². The van der Waals surface area contributed by atoms with Gasteiger partial charge in [0.2, 0.25) is 0 Å². The molecule has 2 aromatic rings. The van der Waals surface area contributed by atoms with Gasteiger partial charge in [-0.1, -0.05) is 31.2 Å². The summed E-state index contributed by atoms with van der Waals surface area (Å²) in [5, 5.41) is 0. The lowest BCUT2D eigenvalue weighted by atomic mass is 9.86. The fourth-order valence-electron chi connectivity index (χ4n) is 2.96. The van der Waals surface area contributed by atoms with Crippen molar-refractivity contribution in [3.05, 3.63) is 57.6 Å². The Kier molecular flexibility index (Phi) is 4.32. The first-order valence-electron chi connectivity index (χ1n) is 7.59. The zero-order chi connectivity index (χ0) is 15.7. The van der Waals surface area contributed by atoms with Gasteiger partial charge in [-0.3, -0.25) is 4.79 Å². The van der Waals surface area contributed by atoms with Crippen molar-refractivity contribution in [3.63, 3.8) is 0 Å². The van der Waals surface area contributed by atoms with Crippen LogP contribution in [0.25, 0.3) is 11.1 Å². The quantitative estimate of drug-likeness (QED) is 0.679. The van der Waals surface area contributed by atoms with Gasteiger partial charge in [0, 0.05) is 12.0 Å². The highest BCUT2D eigenvalue weighted by Gasteiger charge is 2.14. The van der Waals surface area contributed by atoms with Crippen molar-refractivity contribution in [3.8, 4) is 11.1 Å². The number of Topliss-reactive ketones (excluding diaryl/α,β-unsaturated/α-hetero) is 1. The van der Waals surface area contributed by atoms with Gasteiger partial charge in [0.1, 0.15) is 0 Å². The molecule has 0 unspecified atom stereocenters. The first kappa shape index (κ1) is 15.5. The van der Waals surface area contributed by atoms with Crippen LogP contribution in [0, 0.1) is 34.6 Å². The van der Waals surface area contributed by atoms with Crippen molar-refractivity contribution in [1.82, 2.24) is 0 Å². The summed E-state index contributed by atoms with van der Waals surface area (Å²) in [7, 11) is 0. The smallest absolute Gasteiger partial charge is 0.162 e. The van der Waals surface area contributed by atoms with Crippen LogP contribution in [-0.4, -0.2) is 5.78 Å². The molecule has 0 saturated heterocycles. The zero-order valence-corrected chi connectivity index (χ0v) is 13.9. The number of carbonyl (C=O) groups is 1. The van der Waals surface area contributed by atoms with Crippen molar-refractivity contribution in [2.24, 2.45) is 0 Å². The third-order valence-corrected chi connectivity index (χ3v) is 4.82. The summed E-state index contributed by atoms with van der Waals surface area (Å²) >= 11 is 0. The molecule has 0 N–H and O–H groups in total. The molecular formula is C20H24O. The minimum absolute atomic E-state index is 0.200. The molecule has 2 rings (SSSR count). The van der Waals surface area contributed by atoms with E-state index in [4.69, 9.17) is 0 Å². The normalized spacial score (nSPS) is 10.8. The first-order chi connectivity index (χ1) is 9.88. The lowest BCUT2D eigenvalue weighted by Crippen LogP contribution is -2.00. The Balaban J connectivity index is 2.60. The van der Waals surface area contributed by atoms with Crippen LogP contribution >= 0.6 is 0 Å². The van der Waals surface area contributed by atoms with Gasteiger partial charge in [-0.15, -0.1) is 0 Å². The fraction of sp³-hybridized carbons (Fsp3) is 0.350. The highest BCUT2D eigenvalue weighted by molar-refractivity contribution is 5.96. The van der Waals surface area contributed by atoms with Crippen LogP contribution in [0.4, 0.5) is 0 Å². The van der Waals surface area contributed by atoms with Crippen LogP contribution in [0.3, 0.4) is 0 Å². The first-order valence-corrected chi connectivity index (χ1v) is 7.59. The van der Waals surface area contributed by atoms with Gasteiger partial charge in [0.15, 0.2) is 5.78 Å². The van der Waals surface area contributed by atoms with Crippen molar-refractivity contribution in [1.29, 1.82) is 0 Å². The number of hydrogen-bond donors (Lipinski definition) is 0. The predicted molar refractivity (Wildman–Crippen MR) is 90.2 cm³/mol. The summed E-state index contributed by atoms with van der Waals surface area (Å²) in [6, 6.07) is 8.05. The third-order valence-electron chi connectivity index (χ3n) is 4.82. The number of rotatable bonds is 3. The minimum Gasteiger partial charge on any atom is -0.294 e. The topological polar surface area (TPSA) is 17.1 Å². The van der Waals surface area contributed by atoms with Crippen LogP contribution < -0.4 is 0 Å². The summed E-state index contributed by atoms with van der Waals surface area (Å²) in [4.78, 5) is 11.7. The average molecular weight is 280 g/mol. The van der Waals surface area contributed by atoms with Crippen LogP contribution in [0.2, 0.25) is 0 Å². The molecule has 0 heterocycles. The van der Waals surface area contributed by atoms with Gasteiger partial charge in [0.05, 0.1) is 0 Å². The Morgan fingerprint density at radius 1 is 0.762 bits per heavy atom. The van der Waals surface area contributed by atoms with E-state index in [1.54, 1.807) is 0 Å². The lowest BCUT2D eigenvalue weighted by Gasteiger charge is -2.19. The van der Waals surface area contributed by atoms with E-state index in [2.05, 4.69) is 46.8 Å². The Hall–Kier alpha value is -1.89. The van der Waals surface area contributed by atoms with Crippen LogP contribution in [0.15, 0.2) is 24.3 Å². The van der Waals surface area contributed by atoms with Gasteiger partial charge in [-0.25, -0.2) is 0 Å². The van der Waals surface area contributed by atoms with E-state index in [0.29, 0.717) is 6.42 Å². The van der Waals surface area contributed by atoms with E-state index in [-0.39, 0.29) is 5.78 Å². The number of hydrogen-bond acceptors (Lipinski definition) is 1. The molecule has 21 heavy (non-hydrogen) atoms. The van der Waals surface area contributed by atoms with Crippen LogP contribution in [-0.2, 0) is 0 Å². The molecule has 0 spiro atoms. The summed E-state index contributed by atoms with van der Waals surface area (Å²) < 4.78 is 0. The molecule has 0 bridgehead atoms. The van der Waals surface area contributed by atoms with E-state index in [1.165, 1.54) is 38.9 Å². The average Bonchev–Trinajstić information content (AvgIpc) is 2.51. The Morgan fingerprint density at radius 2 is 1.19 bits per heavy atom. The SMILES string of the molecule is CCC(=O)c1ccc(-c2c(C)c(C)c(C)c(C)c2C)cc1. The second-order valence-corrected chi connectivity index (χ2v) is 5.85. The van der Waals surface area contributed by atoms with Crippen LogP contribution in [0.5, 0.6) is 0 Å². The van der Waals surface area contributed by atoms with E-state index >= 15 is 0 Å². The fourth-order valence-corrected chi connectivity index (χ4v) is 2.96. The molecule has 0 aliphatic rings. The molecule has 0 aliphatic heterocycles. The van der Waals surface area contributed by atoms with Crippen molar-refractivity contribution in [2.45, 2.75) is 48.0 Å². The van der Waals surface area contributed by atoms with Crippen molar-refractivity contribution >= 4 is 5.78 Å². The molecule has 0 atom stereocenters. The summed E-state index contributed by atoms with van der Waals surface area (Å²) in [6.45, 7) is 12.9. The maximum Gasteiger partial charge on any atom is 0.162 e. The van der Waals surface area contributed by atoms with E-state index in [9.17, 15) is 4.79 Å². The molecule has 0 amide bonds. The number of benzene rings is 2. The summed E-state index contributed by atoms with van der Waals surface area (Å²) in [6.07, 6.45) is 0.556. The Bertz CT molecular complexity index is 662. The molecule has 2 aromatic carbocycles. The van der Waals surface area contributed by atoms with Gasteiger partial charge in [-0.05, 0) is 73.6 Å². The number of ketones is 1. The van der Waals surface area contributed by atoms with Gasteiger partial charge >= 0.3 is 0 Å². The molecular weight excluding hydrogens is 256 g/mol. The second-order valence-electron chi connectivity index (χ2n) is 5.85. The third kappa shape index (κ3) is 2.65. The molecule has 1 nitrogen and oxygen atoms in total. The van der Waals surface area contributed by atoms with Gasteiger partial charge in [0.25, 0.3) is 0 Å². The maximum absolute atomic E-state index is 11.7. The molecule has 0 fully saturated rings. The molecule has 0 saturated carbocycles. The number of carbonyl (C=O) groups excluding carboxylic acids is 1. The molecule has 110 valence electrons. The highest BCUT2D eigenvalue weighted by atomic mass is 16.1. The molecule has 1 heteroatoms. The van der Waals surface area contributed by atoms with Crippen LogP contribution in [0.1, 0.15) is 51.5 Å². The second kappa shape index (κ2) is 5.85. The Labute approximate surface area is 128 Å². The largest absolute Gasteiger partial charge is 0.294 e. The molecule has 0 aromatic heterocycles. The Morgan fingerprint density at radius 3 is 1.62 bits per heavy atom. The van der Waals surface area contributed by atoms with Crippen molar-refractivity contribution < 1.29 is 4.79 Å². The summed E-state index contributed by atoms with van der Waals surface area (Å²) in [5.41, 5.74) is 10.1. The summed E-state index contributed by atoms with van der Waals surface area (Å²) in [5.74, 6) is 0.200. The zero-order valence-electron chi connectivity index (χ0n) is 13.9. The monoisotopic (exact) mass is 280 g/mol. The standard InChI is InChI=1S/C20H24O/c1-7-19(21)17-8-10-18(11-9-17)20-15(5)13(3)12(2)14(4)16(20)6/h8-11H,7H2,1-6H3. The molecule has 0 aliphatic carbocycles. The lowest BCUT2D eigenvalue weighted by molar-refractivity contribution is 0.0988. The predicted octanol–water partition coefficient (Wildman–Crippen LogP) is 5.49. The van der Waals surface area contributed by atoms with E-state index in [1.807, 2.05) is 19.1 Å². The van der Waals surface area contributed by atoms with Gasteiger partial charge < -0.3 is 0 Å². The molecule has 0 radical (unpaired) electrons. The van der Waals surface area contributed by atoms with E-state index < -0.39 is 0 Å². The minimum atomic E-state index is 0.200. The maximum atomic E-state index is 11.7. The van der Waals surface area contributed by atoms with E-state index in [0.717, 1.165) is 5.56 Å². The van der Waals surface area contributed by atoms with Crippen molar-refractivity contribution in [2.75, 3.05) is 0 Å².